The summed E-state index contributed by atoms with van der Waals surface area (Å²) in [5.41, 5.74) is 6.38. The van der Waals surface area contributed by atoms with E-state index in [4.69, 9.17) is 17.3 Å². The molecule has 0 radical (unpaired) electrons. The van der Waals surface area contributed by atoms with Gasteiger partial charge in [-0.05, 0) is 62.2 Å². The molecule has 0 bridgehead atoms. The fourth-order valence-corrected chi connectivity index (χ4v) is 5.88. The lowest BCUT2D eigenvalue weighted by molar-refractivity contribution is 0.600. The Morgan fingerprint density at radius 2 is 1.62 bits per heavy atom. The van der Waals surface area contributed by atoms with Crippen molar-refractivity contribution in [3.8, 4) is 0 Å². The maximum absolute atomic E-state index is 12.5. The molecular formula is C12H8Br3ClN2O2S. The van der Waals surface area contributed by atoms with Gasteiger partial charge in [-0.15, -0.1) is 0 Å². The van der Waals surface area contributed by atoms with Gasteiger partial charge in [0, 0.05) is 19.1 Å². The second kappa shape index (κ2) is 6.45. The predicted molar refractivity (Wildman–Crippen MR) is 96.2 cm³/mol. The van der Waals surface area contributed by atoms with Crippen LogP contribution in [0.15, 0.2) is 48.6 Å². The van der Waals surface area contributed by atoms with Gasteiger partial charge < -0.3 is 5.73 Å². The number of benzene rings is 2. The highest BCUT2D eigenvalue weighted by atomic mass is 79.9. The van der Waals surface area contributed by atoms with Crippen LogP contribution in [0.3, 0.4) is 0 Å². The molecule has 3 N–H and O–H groups in total. The molecule has 0 amide bonds. The van der Waals surface area contributed by atoms with Crippen molar-refractivity contribution in [2.45, 2.75) is 4.90 Å². The number of rotatable bonds is 3. The van der Waals surface area contributed by atoms with E-state index in [0.29, 0.717) is 24.1 Å². The monoisotopic (exact) mass is 516 g/mol. The highest BCUT2D eigenvalue weighted by Crippen LogP contribution is 2.35. The maximum Gasteiger partial charge on any atom is 0.264 e. The number of anilines is 2. The Morgan fingerprint density at radius 1 is 1.05 bits per heavy atom. The van der Waals surface area contributed by atoms with Gasteiger partial charge in [0.1, 0.15) is 4.90 Å². The summed E-state index contributed by atoms with van der Waals surface area (Å²) < 4.78 is 28.9. The van der Waals surface area contributed by atoms with E-state index >= 15 is 0 Å². The smallest absolute Gasteiger partial charge is 0.264 e. The van der Waals surface area contributed by atoms with Crippen LogP contribution in [0.5, 0.6) is 0 Å². The fraction of sp³-hybridized carbons (Fsp3) is 0. The Labute approximate surface area is 152 Å². The van der Waals surface area contributed by atoms with Crippen LogP contribution < -0.4 is 10.5 Å². The molecule has 0 aliphatic carbocycles. The Bertz CT molecular complexity index is 789. The molecule has 0 aromatic heterocycles. The molecule has 0 heterocycles. The molecule has 0 fully saturated rings. The van der Waals surface area contributed by atoms with Gasteiger partial charge in [-0.2, -0.15) is 0 Å². The van der Waals surface area contributed by atoms with Gasteiger partial charge in [-0.3, -0.25) is 4.72 Å². The van der Waals surface area contributed by atoms with Crippen LogP contribution in [-0.4, -0.2) is 8.42 Å². The maximum atomic E-state index is 12.5. The number of nitrogen functional groups attached to an aromatic ring is 1. The molecule has 0 aliphatic rings. The van der Waals surface area contributed by atoms with Gasteiger partial charge in [0.05, 0.1) is 10.7 Å². The molecule has 2 aromatic rings. The van der Waals surface area contributed by atoms with E-state index in [1.807, 2.05) is 0 Å². The summed E-state index contributed by atoms with van der Waals surface area (Å²) in [6, 6.07) is 7.93. The summed E-state index contributed by atoms with van der Waals surface area (Å²) in [4.78, 5) is 0.0488. The van der Waals surface area contributed by atoms with Crippen LogP contribution in [0, 0.1) is 0 Å². The van der Waals surface area contributed by atoms with E-state index in [0.717, 1.165) is 0 Å². The van der Waals surface area contributed by atoms with Crippen LogP contribution >= 0.6 is 59.4 Å². The zero-order valence-electron chi connectivity index (χ0n) is 10.2. The topological polar surface area (TPSA) is 72.2 Å². The summed E-state index contributed by atoms with van der Waals surface area (Å²) in [5.74, 6) is 0. The van der Waals surface area contributed by atoms with Crippen molar-refractivity contribution in [2.24, 2.45) is 0 Å². The SMILES string of the molecule is Nc1cc(Br)c(S(=O)(=O)Nc2cc(Br)ccc2Cl)c(Br)c1. The van der Waals surface area contributed by atoms with Crippen LogP contribution in [0.25, 0.3) is 0 Å². The summed E-state index contributed by atoms with van der Waals surface area (Å²) in [5, 5.41) is 0.296. The summed E-state index contributed by atoms with van der Waals surface area (Å²) >= 11 is 15.7. The zero-order valence-corrected chi connectivity index (χ0v) is 16.5. The predicted octanol–water partition coefficient (Wildman–Crippen LogP) is 5.01. The van der Waals surface area contributed by atoms with Gasteiger partial charge in [0.15, 0.2) is 0 Å². The largest absolute Gasteiger partial charge is 0.399 e. The van der Waals surface area contributed by atoms with Crippen molar-refractivity contribution in [1.29, 1.82) is 0 Å². The minimum absolute atomic E-state index is 0.0488. The van der Waals surface area contributed by atoms with Crippen molar-refractivity contribution in [3.63, 3.8) is 0 Å². The van der Waals surface area contributed by atoms with E-state index in [1.54, 1.807) is 18.2 Å². The molecule has 0 aliphatic heterocycles. The molecule has 112 valence electrons. The van der Waals surface area contributed by atoms with Crippen molar-refractivity contribution in [3.05, 3.63) is 48.8 Å². The molecule has 2 aromatic carbocycles. The molecule has 0 unspecified atom stereocenters. The number of halogens is 4. The molecule has 0 saturated carbocycles. The number of nitrogens with one attached hydrogen (secondary N) is 1. The van der Waals surface area contributed by atoms with E-state index in [-0.39, 0.29) is 10.6 Å². The third-order valence-electron chi connectivity index (χ3n) is 2.46. The van der Waals surface area contributed by atoms with Gasteiger partial charge in [-0.25, -0.2) is 8.42 Å². The molecule has 2 rings (SSSR count). The number of nitrogens with two attached hydrogens (primary N) is 1. The highest BCUT2D eigenvalue weighted by molar-refractivity contribution is 9.11. The number of hydrogen-bond acceptors (Lipinski definition) is 3. The average molecular weight is 519 g/mol. The van der Waals surface area contributed by atoms with Crippen molar-refractivity contribution < 1.29 is 8.42 Å². The minimum atomic E-state index is -3.84. The first-order valence-corrected chi connectivity index (χ1v) is 9.67. The summed E-state index contributed by atoms with van der Waals surface area (Å²) in [6.45, 7) is 0. The summed E-state index contributed by atoms with van der Waals surface area (Å²) in [6.07, 6.45) is 0. The van der Waals surface area contributed by atoms with Gasteiger partial charge in [0.2, 0.25) is 0 Å². The third-order valence-corrected chi connectivity index (χ3v) is 6.53. The molecule has 0 atom stereocenters. The lowest BCUT2D eigenvalue weighted by atomic mass is 10.3. The Hall–Kier alpha value is -0.280. The third kappa shape index (κ3) is 3.92. The second-order valence-electron chi connectivity index (χ2n) is 4.04. The van der Waals surface area contributed by atoms with Crippen LogP contribution in [-0.2, 0) is 10.0 Å². The van der Waals surface area contributed by atoms with Crippen LogP contribution in [0.4, 0.5) is 11.4 Å². The molecule has 4 nitrogen and oxygen atoms in total. The molecule has 0 spiro atoms. The Kier molecular flexibility index (Phi) is 5.25. The van der Waals surface area contributed by atoms with E-state index in [9.17, 15) is 8.42 Å². The first kappa shape index (κ1) is 17.1. The fourth-order valence-electron chi connectivity index (χ4n) is 1.61. The normalized spacial score (nSPS) is 11.4. The second-order valence-corrected chi connectivity index (χ2v) is 8.69. The van der Waals surface area contributed by atoms with Gasteiger partial charge in [0.25, 0.3) is 10.0 Å². The molecule has 0 saturated heterocycles. The van der Waals surface area contributed by atoms with Crippen molar-refractivity contribution in [2.75, 3.05) is 10.5 Å². The van der Waals surface area contributed by atoms with Gasteiger partial charge >= 0.3 is 0 Å². The minimum Gasteiger partial charge on any atom is -0.399 e. The van der Waals surface area contributed by atoms with Gasteiger partial charge in [-0.1, -0.05) is 27.5 Å². The zero-order chi connectivity index (χ0) is 15.8. The van der Waals surface area contributed by atoms with Crippen molar-refractivity contribution >= 4 is 80.8 Å². The lowest BCUT2D eigenvalue weighted by Gasteiger charge is -2.13. The standard InChI is InChI=1S/C12H8Br3ClN2O2S/c13-6-1-2-10(16)11(3-6)18-21(19,20)12-8(14)4-7(17)5-9(12)15/h1-5,18H,17H2. The molecule has 21 heavy (non-hydrogen) atoms. The number of sulfonamides is 1. The molecule has 9 heteroatoms. The first-order valence-electron chi connectivity index (χ1n) is 5.43. The van der Waals surface area contributed by atoms with Crippen LogP contribution in [0.2, 0.25) is 5.02 Å². The Morgan fingerprint density at radius 3 is 2.19 bits per heavy atom. The van der Waals surface area contributed by atoms with E-state index in [2.05, 4.69) is 52.5 Å². The van der Waals surface area contributed by atoms with E-state index < -0.39 is 10.0 Å². The number of hydrogen-bond donors (Lipinski definition) is 2. The summed E-state index contributed by atoms with van der Waals surface area (Å²) in [7, 11) is -3.84. The first-order chi connectivity index (χ1) is 9.70. The lowest BCUT2D eigenvalue weighted by Crippen LogP contribution is -2.15. The van der Waals surface area contributed by atoms with Crippen molar-refractivity contribution in [1.82, 2.24) is 0 Å². The van der Waals surface area contributed by atoms with E-state index in [1.165, 1.54) is 12.1 Å². The highest BCUT2D eigenvalue weighted by Gasteiger charge is 2.22. The van der Waals surface area contributed by atoms with Crippen LogP contribution in [0.1, 0.15) is 0 Å². The Balaban J connectivity index is 2.51. The molecular weight excluding hydrogens is 511 g/mol. The average Bonchev–Trinajstić information content (AvgIpc) is 2.31. The quantitative estimate of drug-likeness (QED) is 0.561.